The fourth-order valence-corrected chi connectivity index (χ4v) is 1.81. The van der Waals surface area contributed by atoms with E-state index < -0.39 is 17.6 Å². The molecule has 1 heterocycles. The first kappa shape index (κ1) is 12.2. The van der Waals surface area contributed by atoms with Crippen molar-refractivity contribution in [2.45, 2.75) is 38.6 Å². The molecule has 2 nitrogen and oxygen atoms in total. The van der Waals surface area contributed by atoms with Crippen LogP contribution in [0.25, 0.3) is 0 Å². The van der Waals surface area contributed by atoms with E-state index in [0.717, 1.165) is 25.7 Å². The summed E-state index contributed by atoms with van der Waals surface area (Å²) in [6.45, 7) is 2.66. The van der Waals surface area contributed by atoms with Crippen LogP contribution >= 0.6 is 0 Å². The summed E-state index contributed by atoms with van der Waals surface area (Å²) in [4.78, 5) is 5.15. The zero-order valence-corrected chi connectivity index (χ0v) is 9.72. The summed E-state index contributed by atoms with van der Waals surface area (Å²) >= 11 is 0. The molecule has 0 spiro atoms. The third-order valence-corrected chi connectivity index (χ3v) is 2.88. The van der Waals surface area contributed by atoms with Crippen LogP contribution < -0.4 is 4.90 Å². The average molecular weight is 244 g/mol. The quantitative estimate of drug-likeness (QED) is 0.739. The second-order valence-electron chi connectivity index (χ2n) is 4.34. The molecule has 0 unspecified atom stereocenters. The van der Waals surface area contributed by atoms with E-state index in [1.54, 1.807) is 4.90 Å². The first-order valence-corrected chi connectivity index (χ1v) is 5.91. The highest BCUT2D eigenvalue weighted by atomic mass is 19.2. The van der Waals surface area contributed by atoms with Crippen LogP contribution in [0.15, 0.2) is 6.07 Å². The summed E-state index contributed by atoms with van der Waals surface area (Å²) < 4.78 is 39.4. The van der Waals surface area contributed by atoms with Gasteiger partial charge in [0, 0.05) is 18.7 Å². The number of hydrogen-bond acceptors (Lipinski definition) is 2. The lowest BCUT2D eigenvalue weighted by molar-refractivity contribution is 0.462. The van der Waals surface area contributed by atoms with Gasteiger partial charge in [0.1, 0.15) is 0 Å². The van der Waals surface area contributed by atoms with Crippen LogP contribution in [0.3, 0.4) is 0 Å². The molecule has 0 aromatic carbocycles. The molecule has 0 radical (unpaired) electrons. The average Bonchev–Trinajstić information content (AvgIpc) is 3.10. The normalized spacial score (nSPS) is 15.1. The standard InChI is InChI=1S/C12H15F3N2/c1-2-3-6-17(8-4-5-8)12-10(14)7-9(13)11(15)16-12/h7-8H,2-6H2,1H3. The van der Waals surface area contributed by atoms with Gasteiger partial charge in [-0.05, 0) is 19.3 Å². The predicted octanol–water partition coefficient (Wildman–Crippen LogP) is 3.27. The molecule has 5 heteroatoms. The first-order valence-electron chi connectivity index (χ1n) is 5.91. The Hall–Kier alpha value is -1.26. The second-order valence-corrected chi connectivity index (χ2v) is 4.34. The van der Waals surface area contributed by atoms with E-state index in [9.17, 15) is 13.2 Å². The van der Waals surface area contributed by atoms with Crippen molar-refractivity contribution in [3.63, 3.8) is 0 Å². The van der Waals surface area contributed by atoms with Gasteiger partial charge in [-0.3, -0.25) is 0 Å². The van der Waals surface area contributed by atoms with Crippen LogP contribution in [0, 0.1) is 17.6 Å². The number of hydrogen-bond donors (Lipinski definition) is 0. The smallest absolute Gasteiger partial charge is 0.251 e. The Morgan fingerprint density at radius 2 is 2.00 bits per heavy atom. The van der Waals surface area contributed by atoms with Gasteiger partial charge in [0.2, 0.25) is 0 Å². The van der Waals surface area contributed by atoms with Crippen molar-refractivity contribution in [1.82, 2.24) is 4.98 Å². The van der Waals surface area contributed by atoms with E-state index >= 15 is 0 Å². The highest BCUT2D eigenvalue weighted by Gasteiger charge is 2.31. The molecule has 1 aromatic rings. The van der Waals surface area contributed by atoms with Gasteiger partial charge in [0.05, 0.1) is 0 Å². The van der Waals surface area contributed by atoms with E-state index in [2.05, 4.69) is 4.98 Å². The zero-order chi connectivity index (χ0) is 12.4. The third-order valence-electron chi connectivity index (χ3n) is 2.88. The van der Waals surface area contributed by atoms with Crippen molar-refractivity contribution in [3.8, 4) is 0 Å². The van der Waals surface area contributed by atoms with Crippen molar-refractivity contribution < 1.29 is 13.2 Å². The van der Waals surface area contributed by atoms with Gasteiger partial charge in [0.25, 0.3) is 5.95 Å². The Kier molecular flexibility index (Phi) is 3.54. The number of pyridine rings is 1. The lowest BCUT2D eigenvalue weighted by Crippen LogP contribution is -2.29. The number of unbranched alkanes of at least 4 members (excludes halogenated alkanes) is 1. The van der Waals surface area contributed by atoms with Crippen LogP contribution in [-0.2, 0) is 0 Å². The van der Waals surface area contributed by atoms with E-state index in [4.69, 9.17) is 0 Å². The van der Waals surface area contributed by atoms with E-state index in [1.165, 1.54) is 0 Å². The summed E-state index contributed by atoms with van der Waals surface area (Å²) in [5.41, 5.74) is 0. The van der Waals surface area contributed by atoms with Gasteiger partial charge in [-0.2, -0.15) is 9.37 Å². The Labute approximate surface area is 98.5 Å². The predicted molar refractivity (Wildman–Crippen MR) is 59.4 cm³/mol. The van der Waals surface area contributed by atoms with Crippen molar-refractivity contribution in [2.75, 3.05) is 11.4 Å². The van der Waals surface area contributed by atoms with Gasteiger partial charge >= 0.3 is 0 Å². The molecule has 1 aliphatic rings. The fourth-order valence-electron chi connectivity index (χ4n) is 1.81. The molecule has 1 aromatic heterocycles. The molecule has 0 bridgehead atoms. The van der Waals surface area contributed by atoms with E-state index in [0.29, 0.717) is 12.6 Å². The van der Waals surface area contributed by atoms with Crippen LogP contribution in [-0.4, -0.2) is 17.6 Å². The molecule has 94 valence electrons. The van der Waals surface area contributed by atoms with Gasteiger partial charge < -0.3 is 4.90 Å². The number of halogens is 3. The molecule has 1 fully saturated rings. The van der Waals surface area contributed by atoms with Crippen molar-refractivity contribution in [3.05, 3.63) is 23.6 Å². The number of aromatic nitrogens is 1. The minimum atomic E-state index is -1.24. The summed E-state index contributed by atoms with van der Waals surface area (Å²) in [5.74, 6) is -3.31. The Bertz CT molecular complexity index is 405. The molecule has 0 aliphatic heterocycles. The zero-order valence-electron chi connectivity index (χ0n) is 9.72. The molecule has 1 aliphatic carbocycles. The maximum absolute atomic E-state index is 13.6. The SMILES string of the molecule is CCCCN(c1nc(F)c(F)cc1F)C1CC1. The number of anilines is 1. The third kappa shape index (κ3) is 2.70. The lowest BCUT2D eigenvalue weighted by Gasteiger charge is -2.23. The Balaban J connectivity index is 2.25. The minimum Gasteiger partial charge on any atom is -0.351 e. The summed E-state index contributed by atoms with van der Waals surface area (Å²) in [7, 11) is 0. The number of rotatable bonds is 5. The van der Waals surface area contributed by atoms with Gasteiger partial charge in [-0.1, -0.05) is 13.3 Å². The molecule has 17 heavy (non-hydrogen) atoms. The topological polar surface area (TPSA) is 16.1 Å². The van der Waals surface area contributed by atoms with Gasteiger partial charge in [0.15, 0.2) is 17.5 Å². The van der Waals surface area contributed by atoms with Crippen LogP contribution in [0.2, 0.25) is 0 Å². The van der Waals surface area contributed by atoms with Gasteiger partial charge in [-0.25, -0.2) is 8.78 Å². The molecular formula is C12H15F3N2. The molecule has 0 N–H and O–H groups in total. The number of nitrogens with zero attached hydrogens (tertiary/aromatic N) is 2. The van der Waals surface area contributed by atoms with Crippen molar-refractivity contribution in [1.29, 1.82) is 0 Å². The molecular weight excluding hydrogens is 229 g/mol. The van der Waals surface area contributed by atoms with E-state index in [-0.39, 0.29) is 11.9 Å². The first-order chi connectivity index (χ1) is 8.13. The highest BCUT2D eigenvalue weighted by Crippen LogP contribution is 2.32. The molecule has 2 rings (SSSR count). The fraction of sp³-hybridized carbons (Fsp3) is 0.583. The summed E-state index contributed by atoms with van der Waals surface area (Å²) in [6, 6.07) is 0.798. The lowest BCUT2D eigenvalue weighted by atomic mass is 10.3. The minimum absolute atomic E-state index is 0.0557. The second kappa shape index (κ2) is 4.94. The maximum Gasteiger partial charge on any atom is 0.251 e. The highest BCUT2D eigenvalue weighted by molar-refractivity contribution is 5.42. The molecule has 1 saturated carbocycles. The summed E-state index contributed by atoms with van der Waals surface area (Å²) in [6.07, 6.45) is 3.78. The van der Waals surface area contributed by atoms with Crippen molar-refractivity contribution >= 4 is 5.82 Å². The van der Waals surface area contributed by atoms with Gasteiger partial charge in [-0.15, -0.1) is 0 Å². The maximum atomic E-state index is 13.6. The summed E-state index contributed by atoms with van der Waals surface area (Å²) in [5, 5.41) is 0. The Morgan fingerprint density at radius 3 is 2.59 bits per heavy atom. The molecule has 0 saturated heterocycles. The molecule has 0 atom stereocenters. The molecule has 0 amide bonds. The van der Waals surface area contributed by atoms with Crippen molar-refractivity contribution in [2.24, 2.45) is 0 Å². The monoisotopic (exact) mass is 244 g/mol. The van der Waals surface area contributed by atoms with E-state index in [1.807, 2.05) is 6.92 Å². The largest absolute Gasteiger partial charge is 0.351 e. The van der Waals surface area contributed by atoms with Crippen LogP contribution in [0.1, 0.15) is 32.6 Å². The van der Waals surface area contributed by atoms with Crippen LogP contribution in [0.5, 0.6) is 0 Å². The van der Waals surface area contributed by atoms with Crippen LogP contribution in [0.4, 0.5) is 19.0 Å². The Morgan fingerprint density at radius 1 is 1.29 bits per heavy atom.